The first kappa shape index (κ1) is 20.1. The molecule has 2 aromatic carbocycles. The first-order valence-electron chi connectivity index (χ1n) is 8.11. The molecular weight excluding hydrogens is 375 g/mol. The molecule has 0 radical (unpaired) electrons. The highest BCUT2D eigenvalue weighted by Crippen LogP contribution is 2.22. The van der Waals surface area contributed by atoms with E-state index in [1.165, 1.54) is 0 Å². The Bertz CT molecular complexity index is 779. The van der Waals surface area contributed by atoms with Gasteiger partial charge in [0, 0.05) is 18.0 Å². The molecular formula is C19H20Cl2N2O3. The summed E-state index contributed by atoms with van der Waals surface area (Å²) in [7, 11) is 0. The van der Waals surface area contributed by atoms with E-state index in [0.29, 0.717) is 21.5 Å². The number of hydrogen-bond donors (Lipinski definition) is 2. The lowest BCUT2D eigenvalue weighted by Gasteiger charge is -2.15. The summed E-state index contributed by atoms with van der Waals surface area (Å²) in [5, 5.41) is 6.46. The summed E-state index contributed by atoms with van der Waals surface area (Å²) in [6.45, 7) is 3.75. The fraction of sp³-hybridized carbons (Fsp3) is 0.263. The van der Waals surface area contributed by atoms with Gasteiger partial charge in [-0.15, -0.1) is 0 Å². The van der Waals surface area contributed by atoms with Crippen LogP contribution in [-0.2, 0) is 9.59 Å². The van der Waals surface area contributed by atoms with Gasteiger partial charge in [0.15, 0.2) is 6.10 Å². The Morgan fingerprint density at radius 1 is 1.12 bits per heavy atom. The van der Waals surface area contributed by atoms with Crippen LogP contribution < -0.4 is 15.4 Å². The Balaban J connectivity index is 1.74. The third-order valence-electron chi connectivity index (χ3n) is 3.55. The number of aryl methyl sites for hydroxylation is 1. The molecule has 0 aromatic heterocycles. The maximum Gasteiger partial charge on any atom is 0.260 e. The van der Waals surface area contributed by atoms with Crippen LogP contribution in [0.25, 0.3) is 0 Å². The fourth-order valence-corrected chi connectivity index (χ4v) is 2.56. The number of hydrogen-bond acceptors (Lipinski definition) is 3. The van der Waals surface area contributed by atoms with Crippen molar-refractivity contribution < 1.29 is 14.3 Å². The summed E-state index contributed by atoms with van der Waals surface area (Å²) in [6.07, 6.45) is -0.561. The van der Waals surface area contributed by atoms with E-state index in [0.717, 1.165) is 5.56 Å². The maximum atomic E-state index is 12.0. The van der Waals surface area contributed by atoms with E-state index in [-0.39, 0.29) is 24.8 Å². The van der Waals surface area contributed by atoms with Crippen LogP contribution in [0.4, 0.5) is 5.69 Å². The quantitative estimate of drug-likeness (QED) is 0.738. The number of carbonyl (C=O) groups excluding carboxylic acids is 2. The molecule has 2 amide bonds. The molecule has 1 unspecified atom stereocenters. The summed E-state index contributed by atoms with van der Waals surface area (Å²) < 4.78 is 5.52. The highest BCUT2D eigenvalue weighted by molar-refractivity contribution is 6.33. The molecule has 0 spiro atoms. The number of rotatable bonds is 7. The van der Waals surface area contributed by atoms with Crippen LogP contribution >= 0.6 is 23.2 Å². The molecule has 0 aliphatic carbocycles. The minimum atomic E-state index is -0.689. The van der Waals surface area contributed by atoms with Crippen molar-refractivity contribution in [3.8, 4) is 5.75 Å². The Morgan fingerprint density at radius 3 is 2.46 bits per heavy atom. The van der Waals surface area contributed by atoms with Gasteiger partial charge in [0.25, 0.3) is 5.91 Å². The Hall–Kier alpha value is -2.24. The summed E-state index contributed by atoms with van der Waals surface area (Å²) >= 11 is 11.9. The van der Waals surface area contributed by atoms with Crippen molar-refractivity contribution in [2.75, 3.05) is 11.9 Å². The molecule has 1 atom stereocenters. The number of anilines is 1. The molecule has 0 aliphatic heterocycles. The molecule has 2 N–H and O–H groups in total. The lowest BCUT2D eigenvalue weighted by Crippen LogP contribution is -2.37. The molecule has 0 fully saturated rings. The normalized spacial score (nSPS) is 11.5. The van der Waals surface area contributed by atoms with Gasteiger partial charge in [-0.3, -0.25) is 9.59 Å². The van der Waals surface area contributed by atoms with Gasteiger partial charge in [-0.1, -0.05) is 29.3 Å². The van der Waals surface area contributed by atoms with Crippen LogP contribution in [0.5, 0.6) is 5.75 Å². The molecule has 0 saturated heterocycles. The van der Waals surface area contributed by atoms with Crippen LogP contribution in [-0.4, -0.2) is 24.5 Å². The molecule has 0 bridgehead atoms. The van der Waals surface area contributed by atoms with E-state index < -0.39 is 6.10 Å². The topological polar surface area (TPSA) is 67.4 Å². The predicted molar refractivity (Wildman–Crippen MR) is 104 cm³/mol. The second kappa shape index (κ2) is 9.46. The molecule has 5 nitrogen and oxygen atoms in total. The van der Waals surface area contributed by atoms with E-state index >= 15 is 0 Å². The number of halogens is 2. The molecule has 138 valence electrons. The zero-order chi connectivity index (χ0) is 19.1. The van der Waals surface area contributed by atoms with Crippen LogP contribution in [0.3, 0.4) is 0 Å². The minimum absolute atomic E-state index is 0.129. The van der Waals surface area contributed by atoms with Crippen LogP contribution in [0.15, 0.2) is 42.5 Å². The van der Waals surface area contributed by atoms with Crippen molar-refractivity contribution in [1.82, 2.24) is 5.32 Å². The fourth-order valence-electron chi connectivity index (χ4n) is 2.15. The monoisotopic (exact) mass is 394 g/mol. The Labute approximate surface area is 162 Å². The lowest BCUT2D eigenvalue weighted by molar-refractivity contribution is -0.127. The third-order valence-corrected chi connectivity index (χ3v) is 4.11. The van der Waals surface area contributed by atoms with Gasteiger partial charge in [0.2, 0.25) is 5.91 Å². The van der Waals surface area contributed by atoms with Crippen molar-refractivity contribution in [3.05, 3.63) is 58.1 Å². The van der Waals surface area contributed by atoms with Crippen molar-refractivity contribution >= 4 is 40.7 Å². The summed E-state index contributed by atoms with van der Waals surface area (Å²) in [5.74, 6) is 0.00671. The lowest BCUT2D eigenvalue weighted by atomic mass is 10.2. The standard InChI is InChI=1S/C19H20Cl2N2O3/c1-12-3-8-17(16(21)11-12)23-18(24)9-10-22-19(25)13(2)26-15-6-4-14(20)5-7-15/h3-8,11,13H,9-10H2,1-2H3,(H,22,25)(H,23,24). The van der Waals surface area contributed by atoms with Crippen LogP contribution in [0.1, 0.15) is 18.9 Å². The van der Waals surface area contributed by atoms with Gasteiger partial charge in [-0.25, -0.2) is 0 Å². The maximum absolute atomic E-state index is 12.0. The summed E-state index contributed by atoms with van der Waals surface area (Å²) in [5.41, 5.74) is 1.56. The second-order valence-corrected chi connectivity index (χ2v) is 6.63. The summed E-state index contributed by atoms with van der Waals surface area (Å²) in [4.78, 5) is 24.0. The van der Waals surface area contributed by atoms with E-state index in [1.807, 2.05) is 13.0 Å². The number of nitrogens with one attached hydrogen (secondary N) is 2. The highest BCUT2D eigenvalue weighted by Gasteiger charge is 2.15. The molecule has 2 aromatic rings. The zero-order valence-corrected chi connectivity index (χ0v) is 16.0. The first-order valence-corrected chi connectivity index (χ1v) is 8.86. The van der Waals surface area contributed by atoms with Gasteiger partial charge < -0.3 is 15.4 Å². The molecule has 7 heteroatoms. The van der Waals surface area contributed by atoms with Crippen molar-refractivity contribution in [2.24, 2.45) is 0 Å². The zero-order valence-electron chi connectivity index (χ0n) is 14.5. The molecule has 0 saturated carbocycles. The number of carbonyl (C=O) groups is 2. The van der Waals surface area contributed by atoms with E-state index in [4.69, 9.17) is 27.9 Å². The average molecular weight is 395 g/mol. The van der Waals surface area contributed by atoms with Gasteiger partial charge in [-0.05, 0) is 55.8 Å². The van der Waals surface area contributed by atoms with Crippen molar-refractivity contribution in [2.45, 2.75) is 26.4 Å². The Kier molecular flexibility index (Phi) is 7.30. The number of benzene rings is 2. The Morgan fingerprint density at radius 2 is 1.81 bits per heavy atom. The van der Waals surface area contributed by atoms with Crippen LogP contribution in [0.2, 0.25) is 10.0 Å². The molecule has 2 rings (SSSR count). The third kappa shape index (κ3) is 6.24. The van der Waals surface area contributed by atoms with Crippen molar-refractivity contribution in [3.63, 3.8) is 0 Å². The molecule has 0 heterocycles. The van der Waals surface area contributed by atoms with Gasteiger partial charge >= 0.3 is 0 Å². The van der Waals surface area contributed by atoms with Gasteiger partial charge in [-0.2, -0.15) is 0 Å². The molecule has 26 heavy (non-hydrogen) atoms. The SMILES string of the molecule is Cc1ccc(NC(=O)CCNC(=O)C(C)Oc2ccc(Cl)cc2)c(Cl)c1. The minimum Gasteiger partial charge on any atom is -0.481 e. The predicted octanol–water partition coefficient (Wildman–Crippen LogP) is 4.21. The van der Waals surface area contributed by atoms with E-state index in [1.54, 1.807) is 43.3 Å². The van der Waals surface area contributed by atoms with Crippen molar-refractivity contribution in [1.29, 1.82) is 0 Å². The van der Waals surface area contributed by atoms with Gasteiger partial charge in [0.1, 0.15) is 5.75 Å². The summed E-state index contributed by atoms with van der Waals surface area (Å²) in [6, 6.07) is 12.1. The largest absolute Gasteiger partial charge is 0.481 e. The highest BCUT2D eigenvalue weighted by atomic mass is 35.5. The van der Waals surface area contributed by atoms with Crippen LogP contribution in [0, 0.1) is 6.92 Å². The first-order chi connectivity index (χ1) is 12.3. The number of ether oxygens (including phenoxy) is 1. The van der Waals surface area contributed by atoms with E-state index in [2.05, 4.69) is 10.6 Å². The number of amides is 2. The van der Waals surface area contributed by atoms with E-state index in [9.17, 15) is 9.59 Å². The average Bonchev–Trinajstić information content (AvgIpc) is 2.59. The second-order valence-electron chi connectivity index (χ2n) is 5.79. The van der Waals surface area contributed by atoms with Gasteiger partial charge in [0.05, 0.1) is 10.7 Å². The molecule has 0 aliphatic rings. The smallest absolute Gasteiger partial charge is 0.260 e.